The second-order valence-electron chi connectivity index (χ2n) is 9.27. The average Bonchev–Trinajstić information content (AvgIpc) is 2.72. The lowest BCUT2D eigenvalue weighted by Crippen LogP contribution is -2.43. The number of carbonyl (C=O) groups excluding carboxylic acids is 2. The van der Waals surface area contributed by atoms with Gasteiger partial charge in [0.2, 0.25) is 5.91 Å². The molecular formula is C25H35NO4Si. The molecule has 0 aliphatic carbocycles. The van der Waals surface area contributed by atoms with Gasteiger partial charge < -0.3 is 14.1 Å². The third kappa shape index (κ3) is 7.33. The van der Waals surface area contributed by atoms with Gasteiger partial charge in [-0.05, 0) is 41.4 Å². The minimum absolute atomic E-state index is 0.0575. The second kappa shape index (κ2) is 10.7. The fraction of sp³-hybridized carbons (Fsp3) is 0.440. The van der Waals surface area contributed by atoms with Crippen LogP contribution < -0.4 is 0 Å². The number of esters is 1. The molecule has 1 amide bonds. The fourth-order valence-electron chi connectivity index (χ4n) is 2.89. The van der Waals surface area contributed by atoms with E-state index in [0.717, 1.165) is 11.1 Å². The topological polar surface area (TPSA) is 55.8 Å². The van der Waals surface area contributed by atoms with Crippen LogP contribution in [0.5, 0.6) is 0 Å². The zero-order chi connectivity index (χ0) is 23.1. The second-order valence-corrected chi connectivity index (χ2v) is 14.1. The van der Waals surface area contributed by atoms with Gasteiger partial charge in [-0.1, -0.05) is 63.2 Å². The number of ether oxygens (including phenoxy) is 1. The van der Waals surface area contributed by atoms with Crippen molar-refractivity contribution < 1.29 is 18.8 Å². The minimum atomic E-state index is -1.89. The van der Waals surface area contributed by atoms with Crippen LogP contribution in [0.1, 0.15) is 42.3 Å². The molecule has 0 heterocycles. The molecule has 0 radical (unpaired) electrons. The van der Waals surface area contributed by atoms with Crippen molar-refractivity contribution in [1.82, 2.24) is 4.90 Å². The van der Waals surface area contributed by atoms with Crippen LogP contribution in [0.4, 0.5) is 0 Å². The summed E-state index contributed by atoms with van der Waals surface area (Å²) < 4.78 is 11.1. The quantitative estimate of drug-likeness (QED) is 0.403. The Balaban J connectivity index is 2.11. The van der Waals surface area contributed by atoms with Gasteiger partial charge in [-0.3, -0.25) is 4.79 Å². The maximum atomic E-state index is 13.1. The smallest absolute Gasteiger partial charge is 0.337 e. The third-order valence-corrected chi connectivity index (χ3v) is 10.5. The lowest BCUT2D eigenvalue weighted by molar-refractivity contribution is -0.131. The molecule has 31 heavy (non-hydrogen) atoms. The van der Waals surface area contributed by atoms with E-state index in [-0.39, 0.29) is 16.9 Å². The van der Waals surface area contributed by atoms with E-state index in [4.69, 9.17) is 9.16 Å². The molecule has 0 atom stereocenters. The van der Waals surface area contributed by atoms with Crippen LogP contribution in [0.25, 0.3) is 0 Å². The summed E-state index contributed by atoms with van der Waals surface area (Å²) in [5.41, 5.74) is 2.44. The first-order valence-corrected chi connectivity index (χ1v) is 13.6. The molecule has 6 heteroatoms. The Morgan fingerprint density at radius 3 is 2.10 bits per heavy atom. The Morgan fingerprint density at radius 1 is 0.935 bits per heavy atom. The number of amides is 1. The number of carbonyl (C=O) groups is 2. The molecule has 5 nitrogen and oxygen atoms in total. The Labute approximate surface area is 187 Å². The van der Waals surface area contributed by atoms with Gasteiger partial charge in [0, 0.05) is 13.1 Å². The summed E-state index contributed by atoms with van der Waals surface area (Å²) in [7, 11) is -0.523. The Kier molecular flexibility index (Phi) is 8.59. The van der Waals surface area contributed by atoms with Gasteiger partial charge in [0.15, 0.2) is 8.32 Å². The largest absolute Gasteiger partial charge is 0.465 e. The predicted octanol–water partition coefficient (Wildman–Crippen LogP) is 5.07. The van der Waals surface area contributed by atoms with Crippen molar-refractivity contribution in [2.24, 2.45) is 0 Å². The van der Waals surface area contributed by atoms with Crippen LogP contribution in [0.3, 0.4) is 0 Å². The van der Waals surface area contributed by atoms with Gasteiger partial charge in [0.25, 0.3) is 0 Å². The summed E-state index contributed by atoms with van der Waals surface area (Å²) in [6.07, 6.45) is 0.348. The summed E-state index contributed by atoms with van der Waals surface area (Å²) in [5.74, 6) is -0.312. The zero-order valence-corrected chi connectivity index (χ0v) is 20.6. The molecule has 2 rings (SSSR count). The van der Waals surface area contributed by atoms with E-state index >= 15 is 0 Å². The third-order valence-electron chi connectivity index (χ3n) is 5.93. The number of benzene rings is 2. The predicted molar refractivity (Wildman–Crippen MR) is 126 cm³/mol. The van der Waals surface area contributed by atoms with Crippen molar-refractivity contribution in [2.45, 2.75) is 51.9 Å². The zero-order valence-electron chi connectivity index (χ0n) is 19.6. The van der Waals surface area contributed by atoms with E-state index in [9.17, 15) is 9.59 Å². The van der Waals surface area contributed by atoms with Crippen molar-refractivity contribution in [1.29, 1.82) is 0 Å². The molecule has 0 N–H and O–H groups in total. The Bertz CT molecular complexity index is 857. The first kappa shape index (κ1) is 24.8. The maximum absolute atomic E-state index is 13.1. The molecule has 2 aromatic rings. The number of hydrogen-bond donors (Lipinski definition) is 0. The Hall–Kier alpha value is -2.44. The van der Waals surface area contributed by atoms with Crippen molar-refractivity contribution in [3.8, 4) is 0 Å². The van der Waals surface area contributed by atoms with Crippen molar-refractivity contribution in [2.75, 3.05) is 20.3 Å². The molecule has 0 aromatic heterocycles. The molecule has 0 saturated heterocycles. The number of hydrogen-bond acceptors (Lipinski definition) is 4. The van der Waals surface area contributed by atoms with Crippen molar-refractivity contribution in [3.05, 3.63) is 71.3 Å². The highest BCUT2D eigenvalue weighted by Crippen LogP contribution is 2.36. The molecule has 0 saturated carbocycles. The molecule has 0 fully saturated rings. The standard InChI is InChI=1S/C25H35NO4Si/c1-25(2,3)31(5,6)30-17-16-26(23(27)18-20-10-8-7-9-11-20)19-21-12-14-22(15-13-21)24(28)29-4/h7-15H,16-19H2,1-6H3. The molecule has 0 spiro atoms. The lowest BCUT2D eigenvalue weighted by Gasteiger charge is -2.37. The summed E-state index contributed by atoms with van der Waals surface area (Å²) >= 11 is 0. The van der Waals surface area contributed by atoms with Gasteiger partial charge in [0.1, 0.15) is 0 Å². The van der Waals surface area contributed by atoms with E-state index in [0.29, 0.717) is 31.7 Å². The summed E-state index contributed by atoms with van der Waals surface area (Å²) in [4.78, 5) is 26.6. The lowest BCUT2D eigenvalue weighted by atomic mass is 10.1. The summed E-state index contributed by atoms with van der Waals surface area (Å²) in [5, 5.41) is 0.121. The fourth-order valence-corrected chi connectivity index (χ4v) is 3.92. The van der Waals surface area contributed by atoms with Crippen LogP contribution in [0.15, 0.2) is 54.6 Å². The molecule has 0 unspecified atom stereocenters. The summed E-state index contributed by atoms with van der Waals surface area (Å²) in [6.45, 7) is 12.6. The molecular weight excluding hydrogens is 406 g/mol. The minimum Gasteiger partial charge on any atom is -0.465 e. The van der Waals surface area contributed by atoms with E-state index in [2.05, 4.69) is 33.9 Å². The van der Waals surface area contributed by atoms with Gasteiger partial charge in [0.05, 0.1) is 25.7 Å². The Morgan fingerprint density at radius 2 is 1.55 bits per heavy atom. The monoisotopic (exact) mass is 441 g/mol. The van der Waals surface area contributed by atoms with Crippen LogP contribution in [0.2, 0.25) is 18.1 Å². The number of methoxy groups -OCH3 is 1. The highest BCUT2D eigenvalue weighted by Gasteiger charge is 2.37. The highest BCUT2D eigenvalue weighted by molar-refractivity contribution is 6.74. The van der Waals surface area contributed by atoms with Gasteiger partial charge in [-0.25, -0.2) is 4.79 Å². The first-order chi connectivity index (χ1) is 14.5. The average molecular weight is 442 g/mol. The van der Waals surface area contributed by atoms with E-state index in [1.807, 2.05) is 47.4 Å². The number of nitrogens with zero attached hydrogens (tertiary/aromatic N) is 1. The van der Waals surface area contributed by atoms with Crippen molar-refractivity contribution in [3.63, 3.8) is 0 Å². The normalized spacial score (nSPS) is 11.8. The highest BCUT2D eigenvalue weighted by atomic mass is 28.4. The molecule has 2 aromatic carbocycles. The first-order valence-electron chi connectivity index (χ1n) is 10.7. The van der Waals surface area contributed by atoms with Crippen LogP contribution >= 0.6 is 0 Å². The van der Waals surface area contributed by atoms with Crippen molar-refractivity contribution >= 4 is 20.2 Å². The molecule has 0 bridgehead atoms. The number of rotatable bonds is 9. The maximum Gasteiger partial charge on any atom is 0.337 e. The van der Waals surface area contributed by atoms with Gasteiger partial charge in [-0.15, -0.1) is 0 Å². The molecule has 0 aliphatic heterocycles. The van der Waals surface area contributed by atoms with Gasteiger partial charge in [-0.2, -0.15) is 0 Å². The summed E-state index contributed by atoms with van der Waals surface area (Å²) in [6, 6.07) is 17.0. The van der Waals surface area contributed by atoms with E-state index < -0.39 is 8.32 Å². The molecule has 168 valence electrons. The van der Waals surface area contributed by atoms with Gasteiger partial charge >= 0.3 is 5.97 Å². The van der Waals surface area contributed by atoms with Crippen LogP contribution in [-0.2, 0) is 26.9 Å². The van der Waals surface area contributed by atoms with Crippen LogP contribution in [-0.4, -0.2) is 45.4 Å². The SMILES string of the molecule is COC(=O)c1ccc(CN(CCO[Si](C)(C)C(C)(C)C)C(=O)Cc2ccccc2)cc1. The van der Waals surface area contributed by atoms with Crippen LogP contribution in [0, 0.1) is 0 Å². The van der Waals surface area contributed by atoms with E-state index in [1.165, 1.54) is 7.11 Å². The van der Waals surface area contributed by atoms with E-state index in [1.54, 1.807) is 12.1 Å². The molecule has 0 aliphatic rings.